The first kappa shape index (κ1) is 17.5. The minimum Gasteiger partial charge on any atom is -0.493 e. The van der Waals surface area contributed by atoms with Crippen LogP contribution in [0.5, 0.6) is 11.5 Å². The Labute approximate surface area is 161 Å². The second-order valence-corrected chi connectivity index (χ2v) is 7.10. The van der Waals surface area contributed by atoms with Gasteiger partial charge < -0.3 is 9.47 Å². The molecule has 0 fully saturated rings. The van der Waals surface area contributed by atoms with Crippen molar-refractivity contribution >= 4 is 22.7 Å². The number of anilines is 1. The van der Waals surface area contributed by atoms with E-state index in [2.05, 4.69) is 6.07 Å². The molecule has 4 nitrogen and oxygen atoms in total. The fourth-order valence-electron chi connectivity index (χ4n) is 3.35. The van der Waals surface area contributed by atoms with Crippen molar-refractivity contribution in [3.63, 3.8) is 0 Å². The zero-order valence-corrected chi connectivity index (χ0v) is 15.9. The highest BCUT2D eigenvalue weighted by Gasteiger charge is 2.33. The molecule has 1 aliphatic heterocycles. The molecule has 0 spiro atoms. The van der Waals surface area contributed by atoms with Crippen molar-refractivity contribution in [2.75, 3.05) is 19.2 Å². The van der Waals surface area contributed by atoms with Crippen LogP contribution in [0.4, 0.5) is 10.1 Å². The van der Waals surface area contributed by atoms with Gasteiger partial charge in [-0.05, 0) is 41.8 Å². The summed E-state index contributed by atoms with van der Waals surface area (Å²) in [5.41, 5.74) is 2.82. The molecule has 1 atom stereocenters. The summed E-state index contributed by atoms with van der Waals surface area (Å²) in [5.74, 6) is 1.11. The molecule has 3 aromatic rings. The van der Waals surface area contributed by atoms with Gasteiger partial charge in [0.2, 0.25) is 0 Å². The topological polar surface area (TPSA) is 34.1 Å². The van der Waals surface area contributed by atoms with Gasteiger partial charge in [-0.1, -0.05) is 18.2 Å². The van der Waals surface area contributed by atoms with E-state index in [-0.39, 0.29) is 11.9 Å². The van der Waals surface area contributed by atoms with Gasteiger partial charge in [-0.2, -0.15) is 5.10 Å². The molecule has 2 heterocycles. The van der Waals surface area contributed by atoms with E-state index in [1.807, 2.05) is 34.7 Å². The molecule has 1 aromatic heterocycles. The second kappa shape index (κ2) is 7.40. The molecule has 0 N–H and O–H groups in total. The molecule has 0 aliphatic carbocycles. The predicted molar refractivity (Wildman–Crippen MR) is 107 cm³/mol. The molecule has 4 rings (SSSR count). The number of hydrogen-bond donors (Lipinski definition) is 0. The largest absolute Gasteiger partial charge is 0.493 e. The molecule has 0 saturated heterocycles. The standard InChI is InChI=1S/C21H19FN2O2S/c1-25-19-6-3-5-16(21(19)26-2)18-13-17(20-7-4-12-27-20)23-24(18)15-10-8-14(22)9-11-15/h3-12,18H,13H2,1-2H3/t18-/m0/s1. The fraction of sp³-hybridized carbons (Fsp3) is 0.190. The third kappa shape index (κ3) is 3.28. The predicted octanol–water partition coefficient (Wildman–Crippen LogP) is 5.26. The highest BCUT2D eigenvalue weighted by molar-refractivity contribution is 7.12. The molecule has 0 bridgehead atoms. The molecule has 0 saturated carbocycles. The Hall–Kier alpha value is -2.86. The summed E-state index contributed by atoms with van der Waals surface area (Å²) in [5, 5.41) is 8.84. The number of para-hydroxylation sites is 1. The molecule has 138 valence electrons. The van der Waals surface area contributed by atoms with E-state index in [4.69, 9.17) is 14.6 Å². The summed E-state index contributed by atoms with van der Waals surface area (Å²) >= 11 is 1.66. The average Bonchev–Trinajstić information content (AvgIpc) is 3.37. The van der Waals surface area contributed by atoms with Crippen molar-refractivity contribution in [1.82, 2.24) is 0 Å². The second-order valence-electron chi connectivity index (χ2n) is 6.15. The Bertz CT molecular complexity index is 955. The Morgan fingerprint density at radius 1 is 1.04 bits per heavy atom. The molecule has 0 unspecified atom stereocenters. The number of rotatable bonds is 5. The number of methoxy groups -OCH3 is 2. The lowest BCUT2D eigenvalue weighted by Gasteiger charge is -2.26. The molecule has 2 aromatic carbocycles. The van der Waals surface area contributed by atoms with E-state index in [9.17, 15) is 4.39 Å². The van der Waals surface area contributed by atoms with Crippen molar-refractivity contribution in [2.24, 2.45) is 5.10 Å². The van der Waals surface area contributed by atoms with Crippen LogP contribution in [0.3, 0.4) is 0 Å². The third-order valence-electron chi connectivity index (χ3n) is 4.60. The highest BCUT2D eigenvalue weighted by Crippen LogP contribution is 2.43. The minimum atomic E-state index is -0.268. The lowest BCUT2D eigenvalue weighted by molar-refractivity contribution is 0.349. The van der Waals surface area contributed by atoms with Crippen LogP contribution >= 0.6 is 11.3 Å². The summed E-state index contributed by atoms with van der Waals surface area (Å²) in [4.78, 5) is 1.13. The van der Waals surface area contributed by atoms with Crippen LogP contribution in [0, 0.1) is 5.82 Å². The first-order chi connectivity index (χ1) is 13.2. The van der Waals surface area contributed by atoms with Crippen molar-refractivity contribution in [1.29, 1.82) is 0 Å². The number of benzene rings is 2. The van der Waals surface area contributed by atoms with E-state index in [1.54, 1.807) is 37.7 Å². The van der Waals surface area contributed by atoms with E-state index >= 15 is 0 Å². The van der Waals surface area contributed by atoms with Gasteiger partial charge >= 0.3 is 0 Å². The van der Waals surface area contributed by atoms with Crippen LogP contribution in [0.25, 0.3) is 0 Å². The Balaban J connectivity index is 1.80. The van der Waals surface area contributed by atoms with Crippen LogP contribution in [0.2, 0.25) is 0 Å². The molecular weight excluding hydrogens is 363 g/mol. The van der Waals surface area contributed by atoms with Crippen molar-refractivity contribution in [3.8, 4) is 11.5 Å². The lowest BCUT2D eigenvalue weighted by atomic mass is 9.99. The number of hydrogen-bond acceptors (Lipinski definition) is 5. The maximum Gasteiger partial charge on any atom is 0.166 e. The van der Waals surface area contributed by atoms with Crippen LogP contribution in [-0.4, -0.2) is 19.9 Å². The van der Waals surface area contributed by atoms with Crippen LogP contribution < -0.4 is 14.5 Å². The number of hydrazone groups is 1. The maximum atomic E-state index is 13.4. The average molecular weight is 382 g/mol. The Morgan fingerprint density at radius 2 is 1.85 bits per heavy atom. The first-order valence-corrected chi connectivity index (χ1v) is 9.46. The fourth-order valence-corrected chi connectivity index (χ4v) is 4.07. The lowest BCUT2D eigenvalue weighted by Crippen LogP contribution is -2.19. The van der Waals surface area contributed by atoms with Crippen molar-refractivity contribution in [3.05, 3.63) is 76.2 Å². The summed E-state index contributed by atoms with van der Waals surface area (Å²) in [6.45, 7) is 0. The molecule has 6 heteroatoms. The molecule has 27 heavy (non-hydrogen) atoms. The number of nitrogens with zero attached hydrogens (tertiary/aromatic N) is 2. The van der Waals surface area contributed by atoms with Gasteiger partial charge in [0, 0.05) is 12.0 Å². The van der Waals surface area contributed by atoms with Gasteiger partial charge in [0.05, 0.1) is 36.5 Å². The Kier molecular flexibility index (Phi) is 4.81. The van der Waals surface area contributed by atoms with Crippen LogP contribution in [0.15, 0.2) is 65.1 Å². The molecule has 0 amide bonds. The highest BCUT2D eigenvalue weighted by atomic mass is 32.1. The zero-order valence-electron chi connectivity index (χ0n) is 15.1. The third-order valence-corrected chi connectivity index (χ3v) is 5.52. The monoisotopic (exact) mass is 382 g/mol. The van der Waals surface area contributed by atoms with E-state index in [0.29, 0.717) is 11.5 Å². The van der Waals surface area contributed by atoms with E-state index in [1.165, 1.54) is 12.1 Å². The number of ether oxygens (including phenoxy) is 2. The zero-order chi connectivity index (χ0) is 18.8. The van der Waals surface area contributed by atoms with Gasteiger partial charge in [0.25, 0.3) is 0 Å². The quantitative estimate of drug-likeness (QED) is 0.604. The SMILES string of the molecule is COc1cccc([C@@H]2CC(c3cccs3)=NN2c2ccc(F)cc2)c1OC. The normalized spacial score (nSPS) is 16.3. The van der Waals surface area contributed by atoms with Gasteiger partial charge in [0.1, 0.15) is 5.82 Å². The van der Waals surface area contributed by atoms with Gasteiger partial charge in [0.15, 0.2) is 11.5 Å². The summed E-state index contributed by atoms with van der Waals surface area (Å²) < 4.78 is 24.5. The van der Waals surface area contributed by atoms with E-state index in [0.717, 1.165) is 28.3 Å². The smallest absolute Gasteiger partial charge is 0.166 e. The van der Waals surface area contributed by atoms with Gasteiger partial charge in [-0.3, -0.25) is 5.01 Å². The minimum absolute atomic E-state index is 0.0717. The van der Waals surface area contributed by atoms with Gasteiger partial charge in [-0.15, -0.1) is 11.3 Å². The van der Waals surface area contributed by atoms with Crippen LogP contribution in [-0.2, 0) is 0 Å². The van der Waals surface area contributed by atoms with Crippen LogP contribution in [0.1, 0.15) is 22.9 Å². The summed E-state index contributed by atoms with van der Waals surface area (Å²) in [7, 11) is 3.27. The summed E-state index contributed by atoms with van der Waals surface area (Å²) in [6.07, 6.45) is 0.724. The van der Waals surface area contributed by atoms with Gasteiger partial charge in [-0.25, -0.2) is 4.39 Å². The summed E-state index contributed by atoms with van der Waals surface area (Å²) in [6, 6.07) is 16.3. The molecular formula is C21H19FN2O2S. The Morgan fingerprint density at radius 3 is 2.52 bits per heavy atom. The first-order valence-electron chi connectivity index (χ1n) is 8.58. The van der Waals surface area contributed by atoms with Crippen molar-refractivity contribution < 1.29 is 13.9 Å². The van der Waals surface area contributed by atoms with Crippen molar-refractivity contribution in [2.45, 2.75) is 12.5 Å². The molecule has 0 radical (unpaired) electrons. The number of halogens is 1. The molecule has 1 aliphatic rings. The maximum absolute atomic E-state index is 13.4. The van der Waals surface area contributed by atoms with E-state index < -0.39 is 0 Å². The number of thiophene rings is 1.